The molecule has 1 N–H and O–H groups in total. The maximum atomic E-state index is 10.6. The number of benzene rings is 1. The normalized spacial score (nSPS) is 24.0. The first-order chi connectivity index (χ1) is 10.5. The van der Waals surface area contributed by atoms with Crippen LogP contribution in [0.4, 0.5) is 10.5 Å². The zero-order chi connectivity index (χ0) is 15.7. The number of rotatable bonds is 2. The van der Waals surface area contributed by atoms with Crippen molar-refractivity contribution in [3.63, 3.8) is 0 Å². The summed E-state index contributed by atoms with van der Waals surface area (Å²) < 4.78 is 6.89. The molecule has 0 radical (unpaired) electrons. The lowest BCUT2D eigenvalue weighted by atomic mass is 9.91. The van der Waals surface area contributed by atoms with Gasteiger partial charge >= 0.3 is 6.16 Å². The zero-order valence-electron chi connectivity index (χ0n) is 11.8. The molecule has 0 spiro atoms. The number of hydrogen-bond acceptors (Lipinski definition) is 4. The summed E-state index contributed by atoms with van der Waals surface area (Å²) in [5.41, 5.74) is 2.18. The lowest BCUT2D eigenvalue weighted by Gasteiger charge is -2.37. The second-order valence-electron chi connectivity index (χ2n) is 5.63. The molecule has 1 heterocycles. The van der Waals surface area contributed by atoms with Gasteiger partial charge in [0.1, 0.15) is 6.10 Å². The highest BCUT2D eigenvalue weighted by molar-refractivity contribution is 9.11. The molecule has 7 heteroatoms. The fraction of sp³-hybridized carbons (Fsp3) is 0.467. The van der Waals surface area contributed by atoms with Gasteiger partial charge in [0.25, 0.3) is 0 Å². The predicted molar refractivity (Wildman–Crippen MR) is 90.7 cm³/mol. The first kappa shape index (κ1) is 15.8. The Bertz CT molecular complexity index is 613. The van der Waals surface area contributed by atoms with Crippen molar-refractivity contribution in [2.45, 2.75) is 44.4 Å². The molecule has 118 valence electrons. The summed E-state index contributed by atoms with van der Waals surface area (Å²) in [6.45, 7) is 0.825. The molecule has 22 heavy (non-hydrogen) atoms. The third kappa shape index (κ3) is 3.46. The van der Waals surface area contributed by atoms with Crippen molar-refractivity contribution in [2.75, 3.05) is 0 Å². The van der Waals surface area contributed by atoms with E-state index in [0.29, 0.717) is 6.04 Å². The van der Waals surface area contributed by atoms with Crippen LogP contribution in [0.15, 0.2) is 26.1 Å². The number of carboxylic acid groups (broad SMARTS) is 1. The molecular weight excluding hydrogens is 416 g/mol. The highest BCUT2D eigenvalue weighted by atomic mass is 79.9. The predicted octanol–water partition coefficient (Wildman–Crippen LogP) is 4.69. The van der Waals surface area contributed by atoms with Crippen LogP contribution < -0.4 is 0 Å². The Balaban J connectivity index is 1.65. The molecule has 1 fully saturated rings. The molecule has 0 bridgehead atoms. The van der Waals surface area contributed by atoms with Crippen molar-refractivity contribution in [1.82, 2.24) is 4.90 Å². The Hall–Kier alpha value is -1.08. The van der Waals surface area contributed by atoms with Gasteiger partial charge in [0.05, 0.1) is 12.0 Å². The van der Waals surface area contributed by atoms with Crippen LogP contribution in [0, 0.1) is 0 Å². The van der Waals surface area contributed by atoms with E-state index < -0.39 is 6.16 Å². The van der Waals surface area contributed by atoms with Crippen molar-refractivity contribution >= 4 is 50.0 Å². The fourth-order valence-corrected chi connectivity index (χ4v) is 4.53. The van der Waals surface area contributed by atoms with Crippen molar-refractivity contribution in [1.29, 1.82) is 0 Å². The summed E-state index contributed by atoms with van der Waals surface area (Å²) in [7, 11) is 0. The maximum Gasteiger partial charge on any atom is 0.506 e. The van der Waals surface area contributed by atoms with Gasteiger partial charge in [-0.15, -0.1) is 0 Å². The number of carbonyl (C=O) groups is 1. The summed E-state index contributed by atoms with van der Waals surface area (Å²) in [6, 6.07) is 4.49. The van der Waals surface area contributed by atoms with Gasteiger partial charge in [-0.2, -0.15) is 0 Å². The highest BCUT2D eigenvalue weighted by Crippen LogP contribution is 2.37. The van der Waals surface area contributed by atoms with E-state index in [1.165, 1.54) is 5.56 Å². The highest BCUT2D eigenvalue weighted by Gasteiger charge is 2.28. The number of ether oxygens (including phenoxy) is 1. The van der Waals surface area contributed by atoms with Crippen LogP contribution in [0.5, 0.6) is 0 Å². The van der Waals surface area contributed by atoms with Crippen LogP contribution in [0.25, 0.3) is 0 Å². The minimum atomic E-state index is -1.17. The Kier molecular flexibility index (Phi) is 4.73. The number of fused-ring (bicyclic) bond motifs is 1. The molecule has 0 unspecified atom stereocenters. The molecule has 0 amide bonds. The smallest absolute Gasteiger partial charge is 0.450 e. The standard InChI is InChI=1S/C15H16Br2N2O3/c16-10-5-9-7-19(8-18-14(9)13(17)6-10)11-1-3-12(4-2-11)22-15(20)21/h5-6,8,11-12H,1-4,7H2,(H,20,21). The van der Waals surface area contributed by atoms with Gasteiger partial charge in [0, 0.05) is 21.5 Å². The van der Waals surface area contributed by atoms with Gasteiger partial charge in [-0.3, -0.25) is 0 Å². The second kappa shape index (κ2) is 6.58. The van der Waals surface area contributed by atoms with Crippen molar-refractivity contribution < 1.29 is 14.6 Å². The summed E-state index contributed by atoms with van der Waals surface area (Å²) >= 11 is 7.06. The fourth-order valence-electron chi connectivity index (χ4n) is 3.11. The molecule has 1 aliphatic carbocycles. The Labute approximate surface area is 145 Å². The number of nitrogens with zero attached hydrogens (tertiary/aromatic N) is 2. The SMILES string of the molecule is O=C(O)OC1CCC(N2C=Nc3c(Br)cc(Br)cc3C2)CC1. The second-order valence-corrected chi connectivity index (χ2v) is 7.40. The van der Waals surface area contributed by atoms with E-state index in [2.05, 4.69) is 47.8 Å². The summed E-state index contributed by atoms with van der Waals surface area (Å²) in [4.78, 5) is 17.4. The molecule has 3 rings (SSSR count). The molecule has 1 aromatic rings. The maximum absolute atomic E-state index is 10.6. The van der Waals surface area contributed by atoms with Gasteiger partial charge in [-0.05, 0) is 59.3 Å². The van der Waals surface area contributed by atoms with Crippen LogP contribution in [0.1, 0.15) is 31.2 Å². The quantitative estimate of drug-likeness (QED) is 0.689. The number of halogens is 2. The van der Waals surface area contributed by atoms with Gasteiger partial charge in [-0.1, -0.05) is 15.9 Å². The van der Waals surface area contributed by atoms with E-state index in [9.17, 15) is 4.79 Å². The van der Waals surface area contributed by atoms with Gasteiger partial charge in [-0.25, -0.2) is 9.79 Å². The molecule has 1 aliphatic heterocycles. The summed E-state index contributed by atoms with van der Waals surface area (Å²) in [5.74, 6) is 0. The average Bonchev–Trinajstić information content (AvgIpc) is 2.46. The number of aliphatic imine (C=N–C) groups is 1. The van der Waals surface area contributed by atoms with Crippen molar-refractivity contribution in [2.24, 2.45) is 4.99 Å². The van der Waals surface area contributed by atoms with Gasteiger partial charge in [0.2, 0.25) is 0 Å². The molecule has 0 atom stereocenters. The minimum Gasteiger partial charge on any atom is -0.450 e. The minimum absolute atomic E-state index is 0.161. The average molecular weight is 432 g/mol. The number of hydrogen-bond donors (Lipinski definition) is 1. The Morgan fingerprint density at radius 3 is 2.68 bits per heavy atom. The van der Waals surface area contributed by atoms with Crippen molar-refractivity contribution in [3.05, 3.63) is 26.6 Å². The Morgan fingerprint density at radius 2 is 2.00 bits per heavy atom. The topological polar surface area (TPSA) is 62.1 Å². The lowest BCUT2D eigenvalue weighted by molar-refractivity contribution is 0.0255. The van der Waals surface area contributed by atoms with E-state index >= 15 is 0 Å². The monoisotopic (exact) mass is 430 g/mol. The molecule has 5 nitrogen and oxygen atoms in total. The van der Waals surface area contributed by atoms with Crippen LogP contribution in [0.2, 0.25) is 0 Å². The zero-order valence-corrected chi connectivity index (χ0v) is 15.0. The first-order valence-corrected chi connectivity index (χ1v) is 8.79. The summed E-state index contributed by atoms with van der Waals surface area (Å²) in [6.07, 6.45) is 3.97. The van der Waals surface area contributed by atoms with Gasteiger partial charge < -0.3 is 14.7 Å². The van der Waals surface area contributed by atoms with Crippen LogP contribution in [-0.2, 0) is 11.3 Å². The van der Waals surface area contributed by atoms with E-state index in [1.807, 2.05) is 12.4 Å². The molecule has 1 aromatic carbocycles. The van der Waals surface area contributed by atoms with Crippen molar-refractivity contribution in [3.8, 4) is 0 Å². The van der Waals surface area contributed by atoms with E-state index in [4.69, 9.17) is 9.84 Å². The van der Waals surface area contributed by atoms with Crippen LogP contribution in [-0.4, -0.2) is 34.6 Å². The molecule has 2 aliphatic rings. The van der Waals surface area contributed by atoms with Gasteiger partial charge in [0.15, 0.2) is 0 Å². The van der Waals surface area contributed by atoms with Crippen LogP contribution >= 0.6 is 31.9 Å². The molecule has 1 saturated carbocycles. The third-order valence-electron chi connectivity index (χ3n) is 4.18. The third-order valence-corrected chi connectivity index (χ3v) is 5.24. The van der Waals surface area contributed by atoms with E-state index in [-0.39, 0.29) is 6.10 Å². The largest absolute Gasteiger partial charge is 0.506 e. The molecule has 0 aromatic heterocycles. The first-order valence-electron chi connectivity index (χ1n) is 7.20. The molecular formula is C15H16Br2N2O3. The van der Waals surface area contributed by atoms with E-state index in [1.54, 1.807) is 0 Å². The van der Waals surface area contributed by atoms with Crippen LogP contribution in [0.3, 0.4) is 0 Å². The molecule has 0 saturated heterocycles. The summed E-state index contributed by atoms with van der Waals surface area (Å²) in [5, 5.41) is 8.68. The van der Waals surface area contributed by atoms with E-state index in [0.717, 1.165) is 46.9 Å². The Morgan fingerprint density at radius 1 is 1.27 bits per heavy atom. The lowest BCUT2D eigenvalue weighted by Crippen LogP contribution is -2.39.